The number of benzene rings is 2. The highest BCUT2D eigenvalue weighted by atomic mass is 19.1. The summed E-state index contributed by atoms with van der Waals surface area (Å²) < 4.78 is 13.6. The smallest absolute Gasteiger partial charge is 0.305 e. The van der Waals surface area contributed by atoms with Crippen LogP contribution in [0.4, 0.5) is 4.39 Å². The number of carbonyl (C=O) groups is 1. The second kappa shape index (κ2) is 9.06. The topological polar surface area (TPSA) is 111 Å². The summed E-state index contributed by atoms with van der Waals surface area (Å²) in [7, 11) is 0. The maximum atomic E-state index is 13.6. The zero-order valence-corrected chi connectivity index (χ0v) is 17.3. The molecule has 166 valence electrons. The number of para-hydroxylation sites is 1. The normalized spacial score (nSPS) is 15.8. The molecule has 32 heavy (non-hydrogen) atoms. The molecule has 0 aliphatic heterocycles. The number of rotatable bonds is 8. The number of carboxylic acids is 1. The highest BCUT2D eigenvalue weighted by Crippen LogP contribution is 2.46. The van der Waals surface area contributed by atoms with E-state index in [0.29, 0.717) is 10.9 Å². The van der Waals surface area contributed by atoms with Crippen molar-refractivity contribution in [1.82, 2.24) is 4.98 Å². The molecule has 6 nitrogen and oxygen atoms in total. The first-order valence-electron chi connectivity index (χ1n) is 10.5. The minimum Gasteiger partial charge on any atom is -0.506 e. The minimum absolute atomic E-state index is 0.0557. The number of fused-ring (bicyclic) bond motifs is 1. The number of pyridine rings is 1. The lowest BCUT2D eigenvalue weighted by molar-refractivity contribution is -0.139. The van der Waals surface area contributed by atoms with E-state index in [9.17, 15) is 24.5 Å². The molecule has 1 heterocycles. The second-order valence-corrected chi connectivity index (χ2v) is 8.15. The molecule has 1 aromatic heterocycles. The van der Waals surface area contributed by atoms with Gasteiger partial charge in [-0.05, 0) is 36.6 Å². The van der Waals surface area contributed by atoms with E-state index in [-0.39, 0.29) is 23.9 Å². The van der Waals surface area contributed by atoms with Gasteiger partial charge < -0.3 is 20.4 Å². The number of hydrogen-bond acceptors (Lipinski definition) is 5. The molecule has 0 bridgehead atoms. The summed E-state index contributed by atoms with van der Waals surface area (Å²) in [6.45, 7) is 0. The summed E-state index contributed by atoms with van der Waals surface area (Å²) >= 11 is 0. The summed E-state index contributed by atoms with van der Waals surface area (Å²) in [5, 5.41) is 40.1. The van der Waals surface area contributed by atoms with Crippen LogP contribution in [0, 0.1) is 5.82 Å². The monoisotopic (exact) mass is 437 g/mol. The molecular formula is C25H24FNO5. The highest BCUT2D eigenvalue weighted by Gasteiger charge is 2.30. The fraction of sp³-hybridized carbons (Fsp3) is 0.280. The zero-order chi connectivity index (χ0) is 22.8. The van der Waals surface area contributed by atoms with Gasteiger partial charge in [0.25, 0.3) is 0 Å². The van der Waals surface area contributed by atoms with E-state index in [4.69, 9.17) is 10.1 Å². The fourth-order valence-electron chi connectivity index (χ4n) is 3.92. The van der Waals surface area contributed by atoms with E-state index in [1.807, 2.05) is 6.07 Å². The summed E-state index contributed by atoms with van der Waals surface area (Å²) in [5.41, 5.74) is 3.51. The van der Waals surface area contributed by atoms with E-state index in [0.717, 1.165) is 35.2 Å². The van der Waals surface area contributed by atoms with Crippen LogP contribution < -0.4 is 0 Å². The summed E-state index contributed by atoms with van der Waals surface area (Å²) in [6.07, 6.45) is 2.35. The Morgan fingerprint density at radius 3 is 2.53 bits per heavy atom. The number of aliphatic carboxylic acids is 1. The largest absolute Gasteiger partial charge is 0.506 e. The van der Waals surface area contributed by atoms with Crippen LogP contribution in [0.5, 0.6) is 5.75 Å². The molecule has 2 unspecified atom stereocenters. The second-order valence-electron chi connectivity index (χ2n) is 8.15. The Morgan fingerprint density at radius 2 is 1.88 bits per heavy atom. The van der Waals surface area contributed by atoms with Crippen LogP contribution in [0.15, 0.2) is 48.5 Å². The molecule has 4 rings (SSSR count). The lowest BCUT2D eigenvalue weighted by Crippen LogP contribution is -2.19. The van der Waals surface area contributed by atoms with E-state index in [1.165, 1.54) is 18.2 Å². The van der Waals surface area contributed by atoms with Crippen molar-refractivity contribution in [1.29, 1.82) is 0 Å². The highest BCUT2D eigenvalue weighted by molar-refractivity contribution is 6.01. The number of phenolic OH excluding ortho intramolecular Hbond substituents is 1. The quantitative estimate of drug-likeness (QED) is 0.420. The van der Waals surface area contributed by atoms with Crippen LogP contribution in [-0.2, 0) is 4.79 Å². The lowest BCUT2D eigenvalue weighted by Gasteiger charge is -2.17. The van der Waals surface area contributed by atoms with Gasteiger partial charge in [0.2, 0.25) is 0 Å². The van der Waals surface area contributed by atoms with Crippen molar-refractivity contribution in [3.63, 3.8) is 0 Å². The third kappa shape index (κ3) is 4.79. The van der Waals surface area contributed by atoms with Gasteiger partial charge in [0.05, 0.1) is 24.3 Å². The van der Waals surface area contributed by atoms with Crippen molar-refractivity contribution < 1.29 is 29.6 Å². The molecule has 0 amide bonds. The predicted molar refractivity (Wildman–Crippen MR) is 119 cm³/mol. The number of aliphatic hydroxyl groups is 2. The molecule has 2 atom stereocenters. The zero-order valence-electron chi connectivity index (χ0n) is 17.3. The first kappa shape index (κ1) is 21.9. The van der Waals surface area contributed by atoms with Gasteiger partial charge in [-0.1, -0.05) is 36.4 Å². The number of nitrogens with zero attached hydrogens (tertiary/aromatic N) is 1. The molecule has 7 heteroatoms. The molecule has 2 aromatic carbocycles. The van der Waals surface area contributed by atoms with Crippen LogP contribution in [0.2, 0.25) is 0 Å². The number of aromatic hydroxyl groups is 1. The van der Waals surface area contributed by atoms with Crippen LogP contribution in [0.1, 0.15) is 42.9 Å². The Bertz CT molecular complexity index is 1170. The molecule has 1 fully saturated rings. The molecule has 0 radical (unpaired) electrons. The summed E-state index contributed by atoms with van der Waals surface area (Å²) in [4.78, 5) is 15.5. The Kier molecular flexibility index (Phi) is 6.21. The van der Waals surface area contributed by atoms with Crippen molar-refractivity contribution in [2.45, 2.75) is 43.8 Å². The van der Waals surface area contributed by atoms with Crippen molar-refractivity contribution in [3.05, 3.63) is 65.6 Å². The number of aromatic nitrogens is 1. The number of aliphatic hydroxyl groups excluding tert-OH is 2. The predicted octanol–water partition coefficient (Wildman–Crippen LogP) is 4.22. The molecular weight excluding hydrogens is 413 g/mol. The van der Waals surface area contributed by atoms with Crippen LogP contribution in [-0.4, -0.2) is 43.6 Å². The van der Waals surface area contributed by atoms with E-state index >= 15 is 0 Å². The van der Waals surface area contributed by atoms with E-state index < -0.39 is 24.6 Å². The van der Waals surface area contributed by atoms with Crippen molar-refractivity contribution in [2.24, 2.45) is 0 Å². The van der Waals surface area contributed by atoms with Gasteiger partial charge in [0, 0.05) is 28.9 Å². The van der Waals surface area contributed by atoms with Crippen molar-refractivity contribution in [2.75, 3.05) is 0 Å². The summed E-state index contributed by atoms with van der Waals surface area (Å²) in [5.74, 6) is -1.23. The van der Waals surface area contributed by atoms with Crippen LogP contribution in [0.3, 0.4) is 0 Å². The van der Waals surface area contributed by atoms with Gasteiger partial charge in [0.1, 0.15) is 17.1 Å². The number of phenols is 1. The lowest BCUT2D eigenvalue weighted by atomic mass is 9.92. The third-order valence-corrected chi connectivity index (χ3v) is 5.57. The molecule has 3 aromatic rings. The summed E-state index contributed by atoms with van der Waals surface area (Å²) in [6, 6.07) is 11.2. The Morgan fingerprint density at radius 1 is 1.16 bits per heavy atom. The van der Waals surface area contributed by atoms with Crippen LogP contribution in [0.25, 0.3) is 28.1 Å². The molecule has 0 spiro atoms. The van der Waals surface area contributed by atoms with Gasteiger partial charge in [-0.3, -0.25) is 4.79 Å². The molecule has 1 aliphatic carbocycles. The average Bonchev–Trinajstić information content (AvgIpc) is 3.57. The number of carboxylic acid groups (broad SMARTS) is 1. The van der Waals surface area contributed by atoms with Crippen molar-refractivity contribution >= 4 is 22.9 Å². The van der Waals surface area contributed by atoms with Gasteiger partial charge in [-0.25, -0.2) is 9.37 Å². The van der Waals surface area contributed by atoms with E-state index in [1.54, 1.807) is 30.3 Å². The number of hydrogen-bond donors (Lipinski definition) is 4. The van der Waals surface area contributed by atoms with Crippen LogP contribution >= 0.6 is 0 Å². The maximum absolute atomic E-state index is 13.6. The fourth-order valence-corrected chi connectivity index (χ4v) is 3.92. The number of halogens is 1. The Hall–Kier alpha value is -3.29. The molecule has 1 saturated carbocycles. The Labute approximate surface area is 184 Å². The molecule has 0 saturated heterocycles. The average molecular weight is 437 g/mol. The van der Waals surface area contributed by atoms with Crippen molar-refractivity contribution in [3.8, 4) is 16.9 Å². The molecule has 4 N–H and O–H groups in total. The van der Waals surface area contributed by atoms with E-state index in [2.05, 4.69) is 0 Å². The molecule has 1 aliphatic rings. The van der Waals surface area contributed by atoms with Gasteiger partial charge >= 0.3 is 5.97 Å². The SMILES string of the molecule is O=C(O)CC(O)CC(O)C=Cc1c(C2CC2)nc2c(O)cccc2c1-c1ccc(F)cc1. The third-order valence-electron chi connectivity index (χ3n) is 5.57. The standard InChI is InChI=1S/C25H24FNO5/c26-16-8-6-14(7-9-16)23-19-2-1-3-21(30)25(19)27-24(15-4-5-15)20(23)11-10-17(28)12-18(29)13-22(31)32/h1-3,6-11,15,17-18,28-30H,4-5,12-13H2,(H,31,32). The first-order valence-corrected chi connectivity index (χ1v) is 10.5. The van der Waals surface area contributed by atoms with Gasteiger partial charge in [-0.15, -0.1) is 0 Å². The van der Waals surface area contributed by atoms with Gasteiger partial charge in [-0.2, -0.15) is 0 Å². The minimum atomic E-state index is -1.17. The first-order chi connectivity index (χ1) is 15.3. The van der Waals surface area contributed by atoms with Gasteiger partial charge in [0.15, 0.2) is 0 Å². The Balaban J connectivity index is 1.83. The maximum Gasteiger partial charge on any atom is 0.305 e.